The van der Waals surface area contributed by atoms with Crippen LogP contribution in [0.1, 0.15) is 44.9 Å². The average molecular weight is 278 g/mol. The molecule has 0 aliphatic rings. The van der Waals surface area contributed by atoms with Gasteiger partial charge in [0.15, 0.2) is 0 Å². The molecule has 0 unspecified atom stereocenters. The normalized spacial score (nSPS) is 11.4. The highest BCUT2D eigenvalue weighted by molar-refractivity contribution is 6.29. The van der Waals surface area contributed by atoms with Gasteiger partial charge in [-0.05, 0) is 19.3 Å². The largest absolute Gasteiger partial charge is 0.474 e. The number of halogens is 1. The van der Waals surface area contributed by atoms with Crippen molar-refractivity contribution in [2.45, 2.75) is 45.1 Å². The first-order valence-corrected chi connectivity index (χ1v) is 6.62. The molecular weight excluding hydrogens is 262 g/mol. The molecule has 1 aromatic rings. The Labute approximate surface area is 118 Å². The van der Waals surface area contributed by atoms with Gasteiger partial charge in [-0.25, -0.2) is 4.98 Å². The van der Waals surface area contributed by atoms with Gasteiger partial charge < -0.3 is 4.74 Å². The van der Waals surface area contributed by atoms with E-state index in [0.717, 1.165) is 32.1 Å². The molecule has 0 spiro atoms. The second-order valence-corrected chi connectivity index (χ2v) is 4.48. The SMILES string of the molecule is C#CCCC[C@H](CCC)Oc1cc(Cl)nc(C#N)n1. The third-order valence-corrected chi connectivity index (χ3v) is 2.71. The van der Waals surface area contributed by atoms with Gasteiger partial charge >= 0.3 is 0 Å². The second kappa shape index (κ2) is 8.34. The van der Waals surface area contributed by atoms with Crippen molar-refractivity contribution in [1.82, 2.24) is 9.97 Å². The summed E-state index contributed by atoms with van der Waals surface area (Å²) in [6.07, 6.45) is 9.69. The molecule has 19 heavy (non-hydrogen) atoms. The van der Waals surface area contributed by atoms with Crippen molar-refractivity contribution in [3.05, 3.63) is 17.0 Å². The molecule has 0 saturated heterocycles. The molecule has 5 heteroatoms. The second-order valence-electron chi connectivity index (χ2n) is 4.09. The maximum atomic E-state index is 8.79. The van der Waals surface area contributed by atoms with Gasteiger partial charge in [-0.2, -0.15) is 10.2 Å². The fourth-order valence-electron chi connectivity index (χ4n) is 1.69. The standard InChI is InChI=1S/C14H16ClN3O/c1-3-5-6-8-11(7-4-2)19-14-9-12(15)17-13(10-16)18-14/h1,9,11H,4-8H2,2H3/t11-/m0/s1. The summed E-state index contributed by atoms with van der Waals surface area (Å²) in [4.78, 5) is 7.75. The first-order chi connectivity index (χ1) is 9.19. The van der Waals surface area contributed by atoms with E-state index in [9.17, 15) is 0 Å². The van der Waals surface area contributed by atoms with E-state index < -0.39 is 0 Å². The molecule has 1 atom stereocenters. The molecular formula is C14H16ClN3O. The number of rotatable bonds is 7. The van der Waals surface area contributed by atoms with Gasteiger partial charge in [-0.15, -0.1) is 12.3 Å². The van der Waals surface area contributed by atoms with Crippen molar-refractivity contribution < 1.29 is 4.74 Å². The minimum absolute atomic E-state index is 0.0152. The molecule has 100 valence electrons. The topological polar surface area (TPSA) is 58.8 Å². The van der Waals surface area contributed by atoms with Crippen LogP contribution >= 0.6 is 11.6 Å². The van der Waals surface area contributed by atoms with Crippen LogP contribution in [-0.4, -0.2) is 16.1 Å². The Bertz CT molecular complexity index is 490. The Morgan fingerprint density at radius 2 is 2.26 bits per heavy atom. The third kappa shape index (κ3) is 5.59. The number of unbranched alkanes of at least 4 members (excludes halogenated alkanes) is 1. The van der Waals surface area contributed by atoms with Crippen LogP contribution in [0.2, 0.25) is 5.15 Å². The summed E-state index contributed by atoms with van der Waals surface area (Å²) < 4.78 is 5.77. The van der Waals surface area contributed by atoms with Gasteiger partial charge in [0.05, 0.1) is 0 Å². The maximum Gasteiger partial charge on any atom is 0.236 e. The van der Waals surface area contributed by atoms with Crippen LogP contribution in [-0.2, 0) is 0 Å². The number of hydrogen-bond donors (Lipinski definition) is 0. The molecule has 0 amide bonds. The smallest absolute Gasteiger partial charge is 0.236 e. The zero-order valence-corrected chi connectivity index (χ0v) is 11.7. The van der Waals surface area contributed by atoms with Gasteiger partial charge in [-0.1, -0.05) is 24.9 Å². The maximum absolute atomic E-state index is 8.79. The van der Waals surface area contributed by atoms with Crippen molar-refractivity contribution in [1.29, 1.82) is 5.26 Å². The highest BCUT2D eigenvalue weighted by Crippen LogP contribution is 2.18. The summed E-state index contributed by atoms with van der Waals surface area (Å²) >= 11 is 5.81. The predicted octanol–water partition coefficient (Wildman–Crippen LogP) is 3.35. The van der Waals surface area contributed by atoms with E-state index in [1.165, 1.54) is 6.07 Å². The minimum atomic E-state index is 0.0152. The van der Waals surface area contributed by atoms with E-state index in [1.54, 1.807) is 0 Å². The predicted molar refractivity (Wildman–Crippen MR) is 73.8 cm³/mol. The summed E-state index contributed by atoms with van der Waals surface area (Å²) in [6.45, 7) is 2.09. The number of terminal acetylenes is 1. The summed E-state index contributed by atoms with van der Waals surface area (Å²) in [7, 11) is 0. The van der Waals surface area contributed by atoms with Crippen LogP contribution in [0, 0.1) is 23.7 Å². The van der Waals surface area contributed by atoms with Gasteiger partial charge in [0.2, 0.25) is 11.7 Å². The molecule has 0 bridgehead atoms. The Balaban J connectivity index is 2.70. The van der Waals surface area contributed by atoms with E-state index in [-0.39, 0.29) is 17.1 Å². The van der Waals surface area contributed by atoms with Crippen LogP contribution in [0.3, 0.4) is 0 Å². The molecule has 0 aliphatic carbocycles. The fraction of sp³-hybridized carbons (Fsp3) is 0.500. The van der Waals surface area contributed by atoms with Crippen molar-refractivity contribution >= 4 is 11.6 Å². The zero-order chi connectivity index (χ0) is 14.1. The van der Waals surface area contributed by atoms with Crippen LogP contribution in [0.15, 0.2) is 6.07 Å². The molecule has 0 fully saturated rings. The average Bonchev–Trinajstić information content (AvgIpc) is 2.38. The lowest BCUT2D eigenvalue weighted by Gasteiger charge is -2.17. The number of nitriles is 1. The van der Waals surface area contributed by atoms with Crippen LogP contribution in [0.4, 0.5) is 0 Å². The van der Waals surface area contributed by atoms with Gasteiger partial charge in [0, 0.05) is 12.5 Å². The number of aromatic nitrogens is 2. The Kier molecular flexibility index (Phi) is 6.71. The van der Waals surface area contributed by atoms with Crippen molar-refractivity contribution in [3.8, 4) is 24.3 Å². The third-order valence-electron chi connectivity index (χ3n) is 2.52. The number of hydrogen-bond acceptors (Lipinski definition) is 4. The molecule has 0 aromatic carbocycles. The lowest BCUT2D eigenvalue weighted by atomic mass is 10.1. The van der Waals surface area contributed by atoms with E-state index in [2.05, 4.69) is 22.8 Å². The molecule has 0 saturated carbocycles. The molecule has 0 radical (unpaired) electrons. The van der Waals surface area contributed by atoms with Gasteiger partial charge in [-0.3, -0.25) is 0 Å². The fourth-order valence-corrected chi connectivity index (χ4v) is 1.87. The highest BCUT2D eigenvalue weighted by Gasteiger charge is 2.12. The van der Waals surface area contributed by atoms with E-state index in [1.807, 2.05) is 6.07 Å². The summed E-state index contributed by atoms with van der Waals surface area (Å²) in [5.74, 6) is 2.97. The Morgan fingerprint density at radius 1 is 1.47 bits per heavy atom. The van der Waals surface area contributed by atoms with E-state index in [4.69, 9.17) is 28.0 Å². The number of nitrogens with zero attached hydrogens (tertiary/aromatic N) is 3. The zero-order valence-electron chi connectivity index (χ0n) is 10.9. The molecule has 1 aromatic heterocycles. The highest BCUT2D eigenvalue weighted by atomic mass is 35.5. The van der Waals surface area contributed by atoms with Crippen molar-refractivity contribution in [2.75, 3.05) is 0 Å². The van der Waals surface area contributed by atoms with Crippen molar-refractivity contribution in [2.24, 2.45) is 0 Å². The lowest BCUT2D eigenvalue weighted by molar-refractivity contribution is 0.170. The van der Waals surface area contributed by atoms with Crippen LogP contribution in [0.25, 0.3) is 0 Å². The lowest BCUT2D eigenvalue weighted by Crippen LogP contribution is -2.17. The van der Waals surface area contributed by atoms with Gasteiger partial charge in [0.1, 0.15) is 17.3 Å². The van der Waals surface area contributed by atoms with Crippen molar-refractivity contribution in [3.63, 3.8) is 0 Å². The Morgan fingerprint density at radius 3 is 2.89 bits per heavy atom. The monoisotopic (exact) mass is 277 g/mol. The first-order valence-electron chi connectivity index (χ1n) is 6.24. The molecule has 0 aliphatic heterocycles. The number of ether oxygens (including phenoxy) is 1. The van der Waals surface area contributed by atoms with Gasteiger partial charge in [0.25, 0.3) is 0 Å². The minimum Gasteiger partial charge on any atom is -0.474 e. The molecule has 4 nitrogen and oxygen atoms in total. The summed E-state index contributed by atoms with van der Waals surface area (Å²) in [5, 5.41) is 8.99. The first kappa shape index (κ1) is 15.3. The Hall–Kier alpha value is -1.78. The van der Waals surface area contributed by atoms with Crippen LogP contribution < -0.4 is 4.74 Å². The molecule has 1 rings (SSSR count). The molecule has 0 N–H and O–H groups in total. The molecule has 1 heterocycles. The van der Waals surface area contributed by atoms with Crippen LogP contribution in [0.5, 0.6) is 5.88 Å². The van der Waals surface area contributed by atoms with E-state index >= 15 is 0 Å². The summed E-state index contributed by atoms with van der Waals surface area (Å²) in [5.41, 5.74) is 0. The summed E-state index contributed by atoms with van der Waals surface area (Å²) in [6, 6.07) is 3.37. The quantitative estimate of drug-likeness (QED) is 0.436. The van der Waals surface area contributed by atoms with E-state index in [0.29, 0.717) is 5.88 Å².